The van der Waals surface area contributed by atoms with Crippen LogP contribution in [-0.4, -0.2) is 28.4 Å². The zero-order valence-corrected chi connectivity index (χ0v) is 19.1. The van der Waals surface area contributed by atoms with E-state index in [0.717, 1.165) is 0 Å². The molecule has 5 rings (SSSR count). The molecular weight excluding hydrogens is 466 g/mol. The van der Waals surface area contributed by atoms with E-state index in [1.165, 1.54) is 0 Å². The van der Waals surface area contributed by atoms with Crippen molar-refractivity contribution in [3.63, 3.8) is 0 Å². The summed E-state index contributed by atoms with van der Waals surface area (Å²) < 4.78 is 5.95. The zero-order valence-electron chi connectivity index (χ0n) is 18.4. The van der Waals surface area contributed by atoms with Crippen LogP contribution in [0.3, 0.4) is 0 Å². The number of amides is 2. The van der Waals surface area contributed by atoms with Crippen LogP contribution in [0.1, 0.15) is 33.3 Å². The number of halogens is 1. The highest BCUT2D eigenvalue weighted by molar-refractivity contribution is 6.36. The number of nitrogens with one attached hydrogen (secondary N) is 2. The number of nitrogens with zero attached hydrogens (tertiary/aromatic N) is 1. The zero-order chi connectivity index (χ0) is 24.4. The Balaban J connectivity index is 1.32. The number of rotatable bonds is 6. The summed E-state index contributed by atoms with van der Waals surface area (Å²) in [4.78, 5) is 29.0. The summed E-state index contributed by atoms with van der Waals surface area (Å²) in [5.74, 6) is 0.492. The van der Waals surface area contributed by atoms with E-state index in [-0.39, 0.29) is 18.4 Å². The molecule has 4 aromatic rings. The largest absolute Gasteiger partial charge is 0.457 e. The number of carbonyl (C=O) groups excluding carboxylic acids is 2. The molecule has 1 unspecified atom stereocenters. The Bertz CT molecular complexity index is 1450. The molecule has 0 bridgehead atoms. The first kappa shape index (κ1) is 22.6. The fourth-order valence-electron chi connectivity index (χ4n) is 3.83. The topological polar surface area (TPSA) is 104 Å². The Kier molecular flexibility index (Phi) is 6.18. The maximum atomic E-state index is 12.6. The lowest BCUT2D eigenvalue weighted by molar-refractivity contribution is -0.110. The van der Waals surface area contributed by atoms with Crippen molar-refractivity contribution in [3.05, 3.63) is 107 Å². The highest BCUT2D eigenvalue weighted by atomic mass is 35.5. The predicted octanol–water partition coefficient (Wildman–Crippen LogP) is 4.95. The SMILES string of the molecule is O=C1Nc2ccc(Cl)cc2/C1=C\c1ccc(-c2cccc(C(=O)NCC(O)c3cccnc3)c2)o1. The molecule has 0 radical (unpaired) electrons. The number of anilines is 1. The quantitative estimate of drug-likeness (QED) is 0.335. The molecule has 3 N–H and O–H groups in total. The van der Waals surface area contributed by atoms with Crippen molar-refractivity contribution in [3.8, 4) is 11.3 Å². The van der Waals surface area contributed by atoms with Gasteiger partial charge in [0, 0.05) is 51.9 Å². The van der Waals surface area contributed by atoms with Gasteiger partial charge in [-0.15, -0.1) is 0 Å². The summed E-state index contributed by atoms with van der Waals surface area (Å²) in [6.07, 6.45) is 3.98. The van der Waals surface area contributed by atoms with E-state index in [9.17, 15) is 14.7 Å². The van der Waals surface area contributed by atoms with Crippen LogP contribution in [0.5, 0.6) is 0 Å². The summed E-state index contributed by atoms with van der Waals surface area (Å²) in [5, 5.41) is 16.3. The van der Waals surface area contributed by atoms with Gasteiger partial charge in [-0.3, -0.25) is 14.6 Å². The molecule has 35 heavy (non-hydrogen) atoms. The van der Waals surface area contributed by atoms with Gasteiger partial charge >= 0.3 is 0 Å². The average molecular weight is 486 g/mol. The summed E-state index contributed by atoms with van der Waals surface area (Å²) in [7, 11) is 0. The van der Waals surface area contributed by atoms with Gasteiger partial charge in [-0.2, -0.15) is 0 Å². The average Bonchev–Trinajstić information content (AvgIpc) is 3.47. The van der Waals surface area contributed by atoms with Crippen LogP contribution >= 0.6 is 11.6 Å². The second kappa shape index (κ2) is 9.58. The van der Waals surface area contributed by atoms with Crippen LogP contribution in [0.4, 0.5) is 5.69 Å². The summed E-state index contributed by atoms with van der Waals surface area (Å²) in [5.41, 5.74) is 3.63. The number of aliphatic hydroxyl groups excluding tert-OH is 1. The predicted molar refractivity (Wildman–Crippen MR) is 134 cm³/mol. The van der Waals surface area contributed by atoms with Crippen molar-refractivity contribution in [1.82, 2.24) is 10.3 Å². The molecule has 3 heterocycles. The third kappa shape index (κ3) is 4.87. The number of hydrogen-bond donors (Lipinski definition) is 3. The van der Waals surface area contributed by atoms with E-state index in [0.29, 0.717) is 50.1 Å². The molecule has 1 atom stereocenters. The Morgan fingerprint density at radius 2 is 2.03 bits per heavy atom. The lowest BCUT2D eigenvalue weighted by Crippen LogP contribution is -2.28. The van der Waals surface area contributed by atoms with Gasteiger partial charge in [-0.05, 0) is 54.6 Å². The highest BCUT2D eigenvalue weighted by Gasteiger charge is 2.24. The smallest absolute Gasteiger partial charge is 0.256 e. The molecular formula is C27H20ClN3O4. The standard InChI is InChI=1S/C27H20ClN3O4/c28-19-6-8-23-21(12-19)22(27(34)31-23)13-20-7-9-25(35-20)16-3-1-4-17(11-16)26(33)30-15-24(32)18-5-2-10-29-14-18/h1-14,24,32H,15H2,(H,30,33)(H,31,34)/b22-13+. The lowest BCUT2D eigenvalue weighted by Gasteiger charge is -2.12. The van der Waals surface area contributed by atoms with Crippen molar-refractivity contribution >= 4 is 40.8 Å². The van der Waals surface area contributed by atoms with Gasteiger partial charge in [0.1, 0.15) is 11.5 Å². The molecule has 2 aromatic heterocycles. The summed E-state index contributed by atoms with van der Waals surface area (Å²) >= 11 is 6.10. The number of benzene rings is 2. The van der Waals surface area contributed by atoms with Crippen molar-refractivity contribution in [2.24, 2.45) is 0 Å². The van der Waals surface area contributed by atoms with Crippen LogP contribution in [0, 0.1) is 0 Å². The van der Waals surface area contributed by atoms with Crippen molar-refractivity contribution in [2.45, 2.75) is 6.10 Å². The van der Waals surface area contributed by atoms with Gasteiger partial charge in [0.25, 0.3) is 11.8 Å². The molecule has 174 valence electrons. The number of pyridine rings is 1. The summed E-state index contributed by atoms with van der Waals surface area (Å²) in [6, 6.07) is 19.2. The van der Waals surface area contributed by atoms with E-state index in [2.05, 4.69) is 15.6 Å². The van der Waals surface area contributed by atoms with E-state index < -0.39 is 6.10 Å². The number of furan rings is 1. The normalized spacial score (nSPS) is 14.5. The molecule has 0 fully saturated rings. The van der Waals surface area contributed by atoms with E-state index in [1.807, 2.05) is 6.07 Å². The lowest BCUT2D eigenvalue weighted by atomic mass is 10.1. The van der Waals surface area contributed by atoms with Crippen LogP contribution in [0.15, 0.2) is 83.5 Å². The van der Waals surface area contributed by atoms with Gasteiger partial charge in [-0.1, -0.05) is 29.8 Å². The molecule has 1 aliphatic rings. The maximum Gasteiger partial charge on any atom is 0.256 e. The minimum absolute atomic E-state index is 0.0563. The van der Waals surface area contributed by atoms with Gasteiger partial charge in [0.05, 0.1) is 11.7 Å². The fourth-order valence-corrected chi connectivity index (χ4v) is 4.00. The minimum Gasteiger partial charge on any atom is -0.457 e. The first-order valence-electron chi connectivity index (χ1n) is 10.9. The van der Waals surface area contributed by atoms with Crippen LogP contribution in [-0.2, 0) is 4.79 Å². The first-order valence-corrected chi connectivity index (χ1v) is 11.2. The Morgan fingerprint density at radius 3 is 2.86 bits per heavy atom. The minimum atomic E-state index is -0.857. The van der Waals surface area contributed by atoms with Crippen molar-refractivity contribution in [2.75, 3.05) is 11.9 Å². The molecule has 0 aliphatic carbocycles. The number of aromatic nitrogens is 1. The van der Waals surface area contributed by atoms with Crippen LogP contribution < -0.4 is 10.6 Å². The highest BCUT2D eigenvalue weighted by Crippen LogP contribution is 2.35. The van der Waals surface area contributed by atoms with Gasteiger partial charge in [0.15, 0.2) is 0 Å². The van der Waals surface area contributed by atoms with Gasteiger partial charge < -0.3 is 20.2 Å². The van der Waals surface area contributed by atoms with Crippen molar-refractivity contribution in [1.29, 1.82) is 0 Å². The third-order valence-electron chi connectivity index (χ3n) is 5.61. The fraction of sp³-hybridized carbons (Fsp3) is 0.0741. The Hall–Kier alpha value is -4.20. The molecule has 1 aliphatic heterocycles. The molecule has 7 nitrogen and oxygen atoms in total. The maximum absolute atomic E-state index is 12.6. The Labute approximate surface area is 206 Å². The molecule has 2 amide bonds. The van der Waals surface area contributed by atoms with Crippen molar-refractivity contribution < 1.29 is 19.1 Å². The molecule has 0 saturated heterocycles. The second-order valence-corrected chi connectivity index (χ2v) is 8.43. The second-order valence-electron chi connectivity index (χ2n) is 8.00. The van der Waals surface area contributed by atoms with Crippen LogP contribution in [0.2, 0.25) is 5.02 Å². The van der Waals surface area contributed by atoms with E-state index in [1.54, 1.807) is 79.1 Å². The molecule has 2 aromatic carbocycles. The van der Waals surface area contributed by atoms with E-state index in [4.69, 9.17) is 16.0 Å². The van der Waals surface area contributed by atoms with Crippen LogP contribution in [0.25, 0.3) is 23.0 Å². The number of hydrogen-bond acceptors (Lipinski definition) is 5. The number of fused-ring (bicyclic) bond motifs is 1. The molecule has 8 heteroatoms. The molecule has 0 saturated carbocycles. The number of aliphatic hydroxyl groups is 1. The van der Waals surface area contributed by atoms with E-state index >= 15 is 0 Å². The molecule has 0 spiro atoms. The van der Waals surface area contributed by atoms with Gasteiger partial charge in [-0.25, -0.2) is 0 Å². The van der Waals surface area contributed by atoms with Gasteiger partial charge in [0.2, 0.25) is 0 Å². The third-order valence-corrected chi connectivity index (χ3v) is 5.85. The first-order chi connectivity index (χ1) is 17.0. The number of carbonyl (C=O) groups is 2. The Morgan fingerprint density at radius 1 is 1.14 bits per heavy atom. The summed E-state index contributed by atoms with van der Waals surface area (Å²) in [6.45, 7) is 0.0563. The monoisotopic (exact) mass is 485 g/mol.